The number of carbonyl (C=O) groups excluding carboxylic acids is 1. The maximum atomic E-state index is 12.4. The van der Waals surface area contributed by atoms with Crippen molar-refractivity contribution < 1.29 is 13.9 Å². The number of para-hydroxylation sites is 1. The monoisotopic (exact) mass is 302 g/mol. The Morgan fingerprint density at radius 1 is 1.27 bits per heavy atom. The van der Waals surface area contributed by atoms with Crippen LogP contribution in [-0.4, -0.2) is 32.2 Å². The van der Waals surface area contributed by atoms with Crippen LogP contribution in [0.1, 0.15) is 18.6 Å². The van der Waals surface area contributed by atoms with Gasteiger partial charge in [-0.25, -0.2) is 0 Å². The Labute approximate surface area is 129 Å². The first-order valence-electron chi connectivity index (χ1n) is 7.77. The molecule has 0 spiro atoms. The molecule has 0 unspecified atom stereocenters. The molecule has 3 rings (SSSR count). The van der Waals surface area contributed by atoms with Crippen molar-refractivity contribution in [3.63, 3.8) is 0 Å². The molecule has 0 saturated carbocycles. The maximum absolute atomic E-state index is 12.4. The van der Waals surface area contributed by atoms with Crippen LogP contribution in [0.15, 0.2) is 34.7 Å². The predicted octanol–water partition coefficient (Wildman–Crippen LogP) is 1.85. The number of furan rings is 1. The number of rotatable bonds is 5. The van der Waals surface area contributed by atoms with Gasteiger partial charge in [-0.15, -0.1) is 0 Å². The van der Waals surface area contributed by atoms with Gasteiger partial charge in [-0.2, -0.15) is 0 Å². The smallest absolute Gasteiger partial charge is 0.227 e. The average molecular weight is 302 g/mol. The Balaban J connectivity index is 1.56. The molecule has 1 aromatic heterocycles. The fraction of sp³-hybridized carbons (Fsp3) is 0.471. The molecule has 2 aromatic rings. The van der Waals surface area contributed by atoms with Crippen molar-refractivity contribution in [3.05, 3.63) is 36.1 Å². The van der Waals surface area contributed by atoms with Crippen molar-refractivity contribution in [2.45, 2.75) is 19.3 Å². The SMILES string of the molecule is NCC1(C(=O)NCCc2cc3ccccc3o2)CCOCC1. The van der Waals surface area contributed by atoms with Gasteiger partial charge in [0.15, 0.2) is 0 Å². The van der Waals surface area contributed by atoms with Crippen LogP contribution in [0.5, 0.6) is 0 Å². The number of hydrogen-bond donors (Lipinski definition) is 2. The quantitative estimate of drug-likeness (QED) is 0.883. The van der Waals surface area contributed by atoms with Gasteiger partial charge in [-0.3, -0.25) is 4.79 Å². The number of carbonyl (C=O) groups is 1. The van der Waals surface area contributed by atoms with Crippen LogP contribution in [0.25, 0.3) is 11.0 Å². The highest BCUT2D eigenvalue weighted by atomic mass is 16.5. The Bertz CT molecular complexity index is 611. The molecule has 118 valence electrons. The molecular formula is C17H22N2O3. The van der Waals surface area contributed by atoms with Gasteiger partial charge >= 0.3 is 0 Å². The molecule has 0 atom stereocenters. The lowest BCUT2D eigenvalue weighted by Crippen LogP contribution is -2.49. The van der Waals surface area contributed by atoms with Gasteiger partial charge < -0.3 is 20.2 Å². The zero-order chi connectivity index (χ0) is 15.4. The summed E-state index contributed by atoms with van der Waals surface area (Å²) < 4.78 is 11.1. The van der Waals surface area contributed by atoms with Crippen LogP contribution in [0.4, 0.5) is 0 Å². The number of benzene rings is 1. The highest BCUT2D eigenvalue weighted by molar-refractivity contribution is 5.83. The zero-order valence-corrected chi connectivity index (χ0v) is 12.6. The molecule has 2 heterocycles. The maximum Gasteiger partial charge on any atom is 0.227 e. The Morgan fingerprint density at radius 2 is 2.05 bits per heavy atom. The third-order valence-corrected chi connectivity index (χ3v) is 4.46. The Hall–Kier alpha value is -1.85. The van der Waals surface area contributed by atoms with E-state index < -0.39 is 5.41 Å². The second-order valence-electron chi connectivity index (χ2n) is 5.85. The topological polar surface area (TPSA) is 77.5 Å². The Kier molecular flexibility index (Phi) is 4.45. The summed E-state index contributed by atoms with van der Waals surface area (Å²) in [4.78, 5) is 12.4. The summed E-state index contributed by atoms with van der Waals surface area (Å²) in [5.41, 5.74) is 6.25. The number of nitrogens with two attached hydrogens (primary N) is 1. The second-order valence-corrected chi connectivity index (χ2v) is 5.85. The lowest BCUT2D eigenvalue weighted by molar-refractivity contribution is -0.135. The normalized spacial score (nSPS) is 17.5. The largest absolute Gasteiger partial charge is 0.461 e. The summed E-state index contributed by atoms with van der Waals surface area (Å²) in [5, 5.41) is 4.09. The molecule has 1 fully saturated rings. The van der Waals surface area contributed by atoms with E-state index in [1.54, 1.807) is 0 Å². The molecule has 1 aliphatic rings. The lowest BCUT2D eigenvalue weighted by atomic mass is 9.79. The number of fused-ring (bicyclic) bond motifs is 1. The summed E-state index contributed by atoms with van der Waals surface area (Å²) in [7, 11) is 0. The summed E-state index contributed by atoms with van der Waals surface area (Å²) in [6.07, 6.45) is 2.07. The van der Waals surface area contributed by atoms with Crippen LogP contribution in [0.3, 0.4) is 0 Å². The van der Waals surface area contributed by atoms with Crippen LogP contribution in [0, 0.1) is 5.41 Å². The molecule has 5 heteroatoms. The molecule has 0 radical (unpaired) electrons. The highest BCUT2D eigenvalue weighted by Crippen LogP contribution is 2.29. The first-order valence-corrected chi connectivity index (χ1v) is 7.77. The predicted molar refractivity (Wildman–Crippen MR) is 84.5 cm³/mol. The fourth-order valence-corrected chi connectivity index (χ4v) is 2.93. The van der Waals surface area contributed by atoms with Gasteiger partial charge in [0.05, 0.1) is 5.41 Å². The minimum absolute atomic E-state index is 0.0365. The molecule has 1 saturated heterocycles. The number of ether oxygens (including phenoxy) is 1. The van der Waals surface area contributed by atoms with Gasteiger partial charge in [0.25, 0.3) is 0 Å². The first kappa shape index (κ1) is 15.1. The molecule has 5 nitrogen and oxygen atoms in total. The molecule has 0 aliphatic carbocycles. The van der Waals surface area contributed by atoms with Crippen LogP contribution < -0.4 is 11.1 Å². The van der Waals surface area contributed by atoms with E-state index in [1.807, 2.05) is 30.3 Å². The van der Waals surface area contributed by atoms with Gasteiger partial charge in [0.2, 0.25) is 5.91 Å². The minimum Gasteiger partial charge on any atom is -0.461 e. The van der Waals surface area contributed by atoms with Crippen molar-refractivity contribution in [2.75, 3.05) is 26.3 Å². The standard InChI is InChI=1S/C17H22N2O3/c18-12-17(6-9-21-10-7-17)16(20)19-8-5-14-11-13-3-1-2-4-15(13)22-14/h1-4,11H,5-10,12,18H2,(H,19,20). The van der Waals surface area contributed by atoms with E-state index in [2.05, 4.69) is 5.32 Å². The average Bonchev–Trinajstić information content (AvgIpc) is 2.98. The number of amides is 1. The van der Waals surface area contributed by atoms with E-state index in [0.29, 0.717) is 45.6 Å². The van der Waals surface area contributed by atoms with Gasteiger partial charge in [-0.1, -0.05) is 18.2 Å². The van der Waals surface area contributed by atoms with E-state index in [1.165, 1.54) is 0 Å². The van der Waals surface area contributed by atoms with Gasteiger partial charge in [-0.05, 0) is 25.0 Å². The minimum atomic E-state index is -0.466. The molecule has 22 heavy (non-hydrogen) atoms. The van der Waals surface area contributed by atoms with E-state index in [0.717, 1.165) is 16.7 Å². The summed E-state index contributed by atoms with van der Waals surface area (Å²) in [5.74, 6) is 0.921. The highest BCUT2D eigenvalue weighted by Gasteiger charge is 2.38. The van der Waals surface area contributed by atoms with Crippen LogP contribution in [-0.2, 0) is 16.0 Å². The lowest BCUT2D eigenvalue weighted by Gasteiger charge is -2.34. The van der Waals surface area contributed by atoms with Crippen molar-refractivity contribution in [1.29, 1.82) is 0 Å². The molecule has 3 N–H and O–H groups in total. The molecule has 1 amide bonds. The third kappa shape index (κ3) is 3.00. The van der Waals surface area contributed by atoms with E-state index in [4.69, 9.17) is 14.9 Å². The van der Waals surface area contributed by atoms with E-state index in [-0.39, 0.29) is 5.91 Å². The summed E-state index contributed by atoms with van der Waals surface area (Å²) in [6.45, 7) is 2.14. The molecule has 1 aliphatic heterocycles. The van der Waals surface area contributed by atoms with Crippen molar-refractivity contribution >= 4 is 16.9 Å². The third-order valence-electron chi connectivity index (χ3n) is 4.46. The number of hydrogen-bond acceptors (Lipinski definition) is 4. The van der Waals surface area contributed by atoms with Gasteiger partial charge in [0.1, 0.15) is 11.3 Å². The zero-order valence-electron chi connectivity index (χ0n) is 12.6. The van der Waals surface area contributed by atoms with Crippen molar-refractivity contribution in [2.24, 2.45) is 11.1 Å². The summed E-state index contributed by atoms with van der Waals surface area (Å²) >= 11 is 0. The first-order chi connectivity index (χ1) is 10.7. The fourth-order valence-electron chi connectivity index (χ4n) is 2.93. The van der Waals surface area contributed by atoms with Crippen molar-refractivity contribution in [3.8, 4) is 0 Å². The van der Waals surface area contributed by atoms with Crippen LogP contribution >= 0.6 is 0 Å². The summed E-state index contributed by atoms with van der Waals surface area (Å²) in [6, 6.07) is 9.93. The second kappa shape index (κ2) is 6.50. The molecule has 0 bridgehead atoms. The van der Waals surface area contributed by atoms with Gasteiger partial charge in [0, 0.05) is 38.1 Å². The number of nitrogens with one attached hydrogen (secondary N) is 1. The van der Waals surface area contributed by atoms with E-state index >= 15 is 0 Å². The van der Waals surface area contributed by atoms with E-state index in [9.17, 15) is 4.79 Å². The molecular weight excluding hydrogens is 280 g/mol. The van der Waals surface area contributed by atoms with Crippen LogP contribution in [0.2, 0.25) is 0 Å². The Morgan fingerprint density at radius 3 is 2.77 bits per heavy atom. The molecule has 1 aromatic carbocycles. The van der Waals surface area contributed by atoms with Crippen molar-refractivity contribution in [1.82, 2.24) is 5.32 Å².